The first-order valence-corrected chi connectivity index (χ1v) is 10.2. The van der Waals surface area contributed by atoms with E-state index in [9.17, 15) is 0 Å². The van der Waals surface area contributed by atoms with Crippen LogP contribution in [0.15, 0.2) is 59.6 Å². The molecule has 1 aliphatic carbocycles. The van der Waals surface area contributed by atoms with E-state index in [1.807, 2.05) is 36.4 Å². The molecule has 2 heterocycles. The van der Waals surface area contributed by atoms with Crippen LogP contribution in [0.4, 0.5) is 0 Å². The van der Waals surface area contributed by atoms with Gasteiger partial charge >= 0.3 is 0 Å². The van der Waals surface area contributed by atoms with Crippen LogP contribution < -0.4 is 15.8 Å². The summed E-state index contributed by atoms with van der Waals surface area (Å²) in [6, 6.07) is 18.5. The minimum Gasteiger partial charge on any atom is -0.493 e. The lowest BCUT2D eigenvalue weighted by Crippen LogP contribution is -2.37. The maximum Gasteiger partial charge on any atom is 0.189 e. The zero-order valence-electron chi connectivity index (χ0n) is 16.3. The van der Waals surface area contributed by atoms with Crippen molar-refractivity contribution in [3.05, 3.63) is 77.1 Å². The van der Waals surface area contributed by atoms with Gasteiger partial charge in [-0.3, -0.25) is 0 Å². The first kappa shape index (κ1) is 17.8. The summed E-state index contributed by atoms with van der Waals surface area (Å²) < 4.78 is 7.80. The van der Waals surface area contributed by atoms with Gasteiger partial charge in [-0.15, -0.1) is 0 Å². The van der Waals surface area contributed by atoms with Gasteiger partial charge in [-0.05, 0) is 43.0 Å². The van der Waals surface area contributed by atoms with Crippen LogP contribution in [0.1, 0.15) is 41.4 Å². The molecule has 3 aromatic rings. The van der Waals surface area contributed by atoms with Gasteiger partial charge in [0.05, 0.1) is 30.6 Å². The van der Waals surface area contributed by atoms with Crippen LogP contribution in [-0.4, -0.2) is 22.3 Å². The van der Waals surface area contributed by atoms with Gasteiger partial charge in [0.2, 0.25) is 0 Å². The fourth-order valence-electron chi connectivity index (χ4n) is 4.30. The van der Waals surface area contributed by atoms with E-state index in [1.54, 1.807) is 0 Å². The predicted octanol–water partition coefficient (Wildman–Crippen LogP) is 3.29. The zero-order chi connectivity index (χ0) is 19.6. The smallest absolute Gasteiger partial charge is 0.189 e. The van der Waals surface area contributed by atoms with E-state index in [2.05, 4.69) is 33.2 Å². The molecule has 5 rings (SSSR count). The molecule has 3 N–H and O–H groups in total. The Bertz CT molecular complexity index is 1040. The Morgan fingerprint density at radius 3 is 2.86 bits per heavy atom. The quantitative estimate of drug-likeness (QED) is 0.532. The Labute approximate surface area is 170 Å². The fourth-order valence-corrected chi connectivity index (χ4v) is 4.30. The summed E-state index contributed by atoms with van der Waals surface area (Å²) in [5.74, 6) is 1.37. The molecule has 29 heavy (non-hydrogen) atoms. The number of nitrogens with two attached hydrogens (primary N) is 1. The zero-order valence-corrected chi connectivity index (χ0v) is 16.3. The highest BCUT2D eigenvalue weighted by molar-refractivity contribution is 5.78. The molecular weight excluding hydrogens is 362 g/mol. The summed E-state index contributed by atoms with van der Waals surface area (Å²) in [7, 11) is 0. The van der Waals surface area contributed by atoms with Gasteiger partial charge in [0.1, 0.15) is 5.75 Å². The molecule has 1 atom stereocenters. The van der Waals surface area contributed by atoms with Crippen molar-refractivity contribution in [2.24, 2.45) is 10.7 Å². The Morgan fingerprint density at radius 2 is 1.97 bits per heavy atom. The molecule has 0 saturated heterocycles. The molecule has 0 bridgehead atoms. The number of nitrogens with one attached hydrogen (secondary N) is 1. The molecule has 0 amide bonds. The lowest BCUT2D eigenvalue weighted by molar-refractivity contribution is 0.262. The average Bonchev–Trinajstić information content (AvgIpc) is 3.36. The lowest BCUT2D eigenvalue weighted by Gasteiger charge is -2.26. The summed E-state index contributed by atoms with van der Waals surface area (Å²) in [5, 5.41) is 8.23. The van der Waals surface area contributed by atoms with Crippen molar-refractivity contribution in [3.63, 3.8) is 0 Å². The number of rotatable bonds is 4. The second-order valence-corrected chi connectivity index (χ2v) is 7.55. The number of benzene rings is 2. The Balaban J connectivity index is 1.35. The van der Waals surface area contributed by atoms with E-state index < -0.39 is 0 Å². The number of aliphatic imine (C=N–C) groups is 1. The van der Waals surface area contributed by atoms with Crippen molar-refractivity contribution < 1.29 is 4.74 Å². The molecule has 1 aromatic heterocycles. The van der Waals surface area contributed by atoms with Gasteiger partial charge in [-0.1, -0.05) is 36.4 Å². The van der Waals surface area contributed by atoms with E-state index in [1.165, 1.54) is 17.7 Å². The minimum atomic E-state index is 0.122. The summed E-state index contributed by atoms with van der Waals surface area (Å²) in [5.41, 5.74) is 12.1. The van der Waals surface area contributed by atoms with Gasteiger partial charge in [-0.2, -0.15) is 5.10 Å². The summed E-state index contributed by atoms with van der Waals surface area (Å²) in [6.07, 6.45) is 4.16. The van der Waals surface area contributed by atoms with E-state index in [-0.39, 0.29) is 6.04 Å². The minimum absolute atomic E-state index is 0.122. The molecular formula is C23H25N5O. The van der Waals surface area contributed by atoms with Crippen molar-refractivity contribution in [2.75, 3.05) is 6.61 Å². The van der Waals surface area contributed by atoms with Crippen LogP contribution in [0.25, 0.3) is 5.69 Å². The number of hydrogen-bond acceptors (Lipinski definition) is 3. The van der Waals surface area contributed by atoms with Crippen LogP contribution in [0, 0.1) is 0 Å². The van der Waals surface area contributed by atoms with Crippen molar-refractivity contribution in [1.82, 2.24) is 15.1 Å². The van der Waals surface area contributed by atoms with Crippen molar-refractivity contribution in [3.8, 4) is 11.4 Å². The first-order chi connectivity index (χ1) is 14.3. The molecule has 1 unspecified atom stereocenters. The number of hydrogen-bond donors (Lipinski definition) is 2. The topological polar surface area (TPSA) is 77.5 Å². The fraction of sp³-hybridized carbons (Fsp3) is 0.304. The normalized spacial score (nSPS) is 18.1. The third-order valence-electron chi connectivity index (χ3n) is 5.69. The Hall–Kier alpha value is -3.28. The Kier molecular flexibility index (Phi) is 4.68. The van der Waals surface area contributed by atoms with Crippen molar-refractivity contribution in [1.29, 1.82) is 0 Å². The summed E-state index contributed by atoms with van der Waals surface area (Å²) in [4.78, 5) is 4.61. The summed E-state index contributed by atoms with van der Waals surface area (Å²) >= 11 is 0. The monoisotopic (exact) mass is 387 g/mol. The van der Waals surface area contributed by atoms with Gasteiger partial charge in [0, 0.05) is 17.7 Å². The highest BCUT2D eigenvalue weighted by Crippen LogP contribution is 2.31. The molecule has 0 fully saturated rings. The van der Waals surface area contributed by atoms with Crippen LogP contribution in [0.3, 0.4) is 0 Å². The largest absolute Gasteiger partial charge is 0.493 e. The molecule has 0 spiro atoms. The highest BCUT2D eigenvalue weighted by Gasteiger charge is 2.24. The highest BCUT2D eigenvalue weighted by atomic mass is 16.5. The molecule has 6 nitrogen and oxygen atoms in total. The number of fused-ring (bicyclic) bond motifs is 2. The SMILES string of the molecule is NC(=NCc1nn(-c2ccccc2)c2c1CCC2)NC1CCOc2ccccc21. The maximum absolute atomic E-state index is 6.24. The second kappa shape index (κ2) is 7.62. The predicted molar refractivity (Wildman–Crippen MR) is 113 cm³/mol. The molecule has 2 aromatic carbocycles. The number of ether oxygens (including phenoxy) is 1. The van der Waals surface area contributed by atoms with E-state index in [0.717, 1.165) is 42.0 Å². The number of para-hydroxylation sites is 2. The molecule has 2 aliphatic rings. The first-order valence-electron chi connectivity index (χ1n) is 10.2. The third-order valence-corrected chi connectivity index (χ3v) is 5.69. The van der Waals surface area contributed by atoms with Gasteiger partial charge in [0.25, 0.3) is 0 Å². The molecule has 6 heteroatoms. The molecule has 0 saturated carbocycles. The maximum atomic E-state index is 6.24. The van der Waals surface area contributed by atoms with Crippen LogP contribution >= 0.6 is 0 Å². The number of guanidine groups is 1. The van der Waals surface area contributed by atoms with Gasteiger partial charge in [-0.25, -0.2) is 9.67 Å². The van der Waals surface area contributed by atoms with E-state index >= 15 is 0 Å². The van der Waals surface area contributed by atoms with Crippen molar-refractivity contribution >= 4 is 5.96 Å². The van der Waals surface area contributed by atoms with Crippen molar-refractivity contribution in [2.45, 2.75) is 38.3 Å². The lowest BCUT2D eigenvalue weighted by atomic mass is 10.0. The molecule has 148 valence electrons. The van der Waals surface area contributed by atoms with Crippen LogP contribution in [-0.2, 0) is 19.4 Å². The Morgan fingerprint density at radius 1 is 1.14 bits per heavy atom. The standard InChI is InChI=1S/C23H25N5O/c24-23(26-19-13-14-29-22-12-5-4-9-18(19)22)25-15-20-17-10-6-11-21(17)28(27-20)16-7-2-1-3-8-16/h1-5,7-9,12,19H,6,10-11,13-15H2,(H3,24,25,26). The van der Waals surface area contributed by atoms with E-state index in [0.29, 0.717) is 19.1 Å². The third kappa shape index (κ3) is 3.46. The second-order valence-electron chi connectivity index (χ2n) is 7.55. The molecule has 0 radical (unpaired) electrons. The van der Waals surface area contributed by atoms with Gasteiger partial charge < -0.3 is 15.8 Å². The van der Waals surface area contributed by atoms with Gasteiger partial charge in [0.15, 0.2) is 5.96 Å². The number of nitrogens with zero attached hydrogens (tertiary/aromatic N) is 3. The van der Waals surface area contributed by atoms with Crippen LogP contribution in [0.2, 0.25) is 0 Å². The number of aromatic nitrogens is 2. The van der Waals surface area contributed by atoms with Crippen LogP contribution in [0.5, 0.6) is 5.75 Å². The summed E-state index contributed by atoms with van der Waals surface area (Å²) in [6.45, 7) is 1.17. The average molecular weight is 387 g/mol. The van der Waals surface area contributed by atoms with E-state index in [4.69, 9.17) is 15.6 Å². The molecule has 1 aliphatic heterocycles.